The number of anilines is 1. The largest absolute Gasteiger partial charge is 0.481 e. The van der Waals surface area contributed by atoms with E-state index in [0.717, 1.165) is 32.1 Å². The lowest BCUT2D eigenvalue weighted by Crippen LogP contribution is -2.33. The van der Waals surface area contributed by atoms with Gasteiger partial charge in [0.15, 0.2) is 0 Å². The lowest BCUT2D eigenvalue weighted by molar-refractivity contribution is -0.136. The Kier molecular flexibility index (Phi) is 5.58. The van der Waals surface area contributed by atoms with Gasteiger partial charge >= 0.3 is 5.97 Å². The van der Waals surface area contributed by atoms with Gasteiger partial charge < -0.3 is 5.11 Å². The van der Waals surface area contributed by atoms with Crippen molar-refractivity contribution in [2.75, 3.05) is 10.8 Å². The van der Waals surface area contributed by atoms with Crippen LogP contribution in [0.3, 0.4) is 0 Å². The number of sulfonamides is 1. The van der Waals surface area contributed by atoms with E-state index in [9.17, 15) is 17.6 Å². The van der Waals surface area contributed by atoms with E-state index < -0.39 is 21.8 Å². The summed E-state index contributed by atoms with van der Waals surface area (Å²) in [7, 11) is -3.98. The van der Waals surface area contributed by atoms with Gasteiger partial charge in [0.2, 0.25) is 0 Å². The molecule has 2 rings (SSSR count). The van der Waals surface area contributed by atoms with Gasteiger partial charge in [-0.05, 0) is 65.1 Å². The first-order valence-electron chi connectivity index (χ1n) is 6.56. The molecule has 23 heavy (non-hydrogen) atoms. The Labute approximate surface area is 146 Å². The van der Waals surface area contributed by atoms with Crippen LogP contribution in [0, 0.1) is 9.39 Å². The zero-order valence-electron chi connectivity index (χ0n) is 11.8. The summed E-state index contributed by atoms with van der Waals surface area (Å²) in [5.74, 6) is -1.65. The fourth-order valence-corrected chi connectivity index (χ4v) is 3.93. The summed E-state index contributed by atoms with van der Waals surface area (Å²) in [6.07, 6.45) is -0.341. The molecule has 8 heteroatoms. The molecule has 0 aliphatic rings. The molecule has 0 unspecified atom stereocenters. The minimum Gasteiger partial charge on any atom is -0.481 e. The van der Waals surface area contributed by atoms with Crippen LogP contribution in [-0.4, -0.2) is 26.0 Å². The molecule has 0 fully saturated rings. The summed E-state index contributed by atoms with van der Waals surface area (Å²) >= 11 is 2.04. The molecule has 0 aliphatic heterocycles. The van der Waals surface area contributed by atoms with Crippen molar-refractivity contribution in [2.24, 2.45) is 0 Å². The van der Waals surface area contributed by atoms with Crippen molar-refractivity contribution in [1.82, 2.24) is 0 Å². The second kappa shape index (κ2) is 7.26. The summed E-state index contributed by atoms with van der Waals surface area (Å²) < 4.78 is 40.4. The van der Waals surface area contributed by atoms with Gasteiger partial charge in [-0.2, -0.15) is 0 Å². The number of aliphatic carboxylic acids is 1. The second-order valence-electron chi connectivity index (χ2n) is 4.65. The van der Waals surface area contributed by atoms with Gasteiger partial charge in [0, 0.05) is 10.1 Å². The van der Waals surface area contributed by atoms with Crippen LogP contribution in [0.1, 0.15) is 6.42 Å². The summed E-state index contributed by atoms with van der Waals surface area (Å²) in [6.45, 7) is -0.213. The lowest BCUT2D eigenvalue weighted by atomic mass is 10.3. The molecular weight excluding hydrogens is 436 g/mol. The van der Waals surface area contributed by atoms with Gasteiger partial charge in [-0.1, -0.05) is 6.07 Å². The van der Waals surface area contributed by atoms with Crippen LogP contribution in [0.4, 0.5) is 10.1 Å². The summed E-state index contributed by atoms with van der Waals surface area (Å²) in [5, 5.41) is 8.86. The third kappa shape index (κ3) is 4.41. The van der Waals surface area contributed by atoms with E-state index in [0.29, 0.717) is 5.69 Å². The molecule has 5 nitrogen and oxygen atoms in total. The number of carboxylic acids is 1. The monoisotopic (exact) mass is 449 g/mol. The Bertz CT molecular complexity index is 808. The SMILES string of the molecule is O=C(O)CCN(c1cccc(I)c1)S(=O)(=O)c1ccc(F)cc1. The van der Waals surface area contributed by atoms with Crippen molar-refractivity contribution in [1.29, 1.82) is 0 Å². The number of nitrogens with zero attached hydrogens (tertiary/aromatic N) is 1. The molecule has 1 N–H and O–H groups in total. The highest BCUT2D eigenvalue weighted by Crippen LogP contribution is 2.25. The number of hydrogen-bond acceptors (Lipinski definition) is 3. The molecule has 0 bridgehead atoms. The van der Waals surface area contributed by atoms with Crippen LogP contribution < -0.4 is 4.31 Å². The van der Waals surface area contributed by atoms with Crippen molar-refractivity contribution < 1.29 is 22.7 Å². The van der Waals surface area contributed by atoms with Crippen molar-refractivity contribution in [3.05, 3.63) is 57.9 Å². The number of carbonyl (C=O) groups is 1. The van der Waals surface area contributed by atoms with Crippen LogP contribution in [0.15, 0.2) is 53.4 Å². The highest BCUT2D eigenvalue weighted by molar-refractivity contribution is 14.1. The van der Waals surface area contributed by atoms with E-state index in [1.54, 1.807) is 24.3 Å². The Morgan fingerprint density at radius 2 is 1.83 bits per heavy atom. The molecule has 0 heterocycles. The standard InChI is InChI=1S/C15H13FINO4S/c16-11-4-6-14(7-5-11)23(21,22)18(9-8-15(19)20)13-3-1-2-12(17)10-13/h1-7,10H,8-9H2,(H,19,20). The first-order chi connectivity index (χ1) is 10.8. The first kappa shape index (κ1) is 17.7. The molecule has 0 amide bonds. The maximum Gasteiger partial charge on any atom is 0.305 e. The van der Waals surface area contributed by atoms with Gasteiger partial charge in [0.1, 0.15) is 5.82 Å². The molecule has 0 saturated carbocycles. The van der Waals surface area contributed by atoms with Gasteiger partial charge in [0.05, 0.1) is 17.0 Å². The topological polar surface area (TPSA) is 74.7 Å². The quantitative estimate of drug-likeness (QED) is 0.689. The molecule has 0 saturated heterocycles. The maximum atomic E-state index is 13.0. The minimum atomic E-state index is -3.98. The van der Waals surface area contributed by atoms with Gasteiger partial charge in [-0.15, -0.1) is 0 Å². The molecule has 122 valence electrons. The highest BCUT2D eigenvalue weighted by Gasteiger charge is 2.25. The number of rotatable bonds is 6. The maximum absolute atomic E-state index is 13.0. The van der Waals surface area contributed by atoms with Crippen molar-refractivity contribution in [3.8, 4) is 0 Å². The molecular formula is C15H13FINO4S. The van der Waals surface area contributed by atoms with Gasteiger partial charge in [-0.25, -0.2) is 12.8 Å². The van der Waals surface area contributed by atoms with E-state index >= 15 is 0 Å². The van der Waals surface area contributed by atoms with Crippen LogP contribution in [0.25, 0.3) is 0 Å². The van der Waals surface area contributed by atoms with Gasteiger partial charge in [-0.3, -0.25) is 9.10 Å². The third-order valence-electron chi connectivity index (χ3n) is 3.03. The predicted octanol–water partition coefficient (Wildman–Crippen LogP) is 3.10. The van der Waals surface area contributed by atoms with E-state index in [4.69, 9.17) is 5.11 Å². The van der Waals surface area contributed by atoms with E-state index in [1.807, 2.05) is 22.6 Å². The number of carboxylic acid groups (broad SMARTS) is 1. The fourth-order valence-electron chi connectivity index (χ4n) is 1.95. The molecule has 2 aromatic rings. The van der Waals surface area contributed by atoms with Crippen molar-refractivity contribution in [2.45, 2.75) is 11.3 Å². The van der Waals surface area contributed by atoms with Crippen LogP contribution in [-0.2, 0) is 14.8 Å². The van der Waals surface area contributed by atoms with Crippen molar-refractivity contribution >= 4 is 44.3 Å². The Balaban J connectivity index is 2.47. The number of halogens is 2. The van der Waals surface area contributed by atoms with Crippen LogP contribution in [0.5, 0.6) is 0 Å². The number of hydrogen-bond donors (Lipinski definition) is 1. The Morgan fingerprint density at radius 1 is 1.17 bits per heavy atom. The zero-order valence-corrected chi connectivity index (χ0v) is 14.8. The molecule has 0 atom stereocenters. The molecule has 2 aromatic carbocycles. The van der Waals surface area contributed by atoms with Crippen molar-refractivity contribution in [3.63, 3.8) is 0 Å². The van der Waals surface area contributed by atoms with Gasteiger partial charge in [0.25, 0.3) is 10.0 Å². The zero-order chi connectivity index (χ0) is 17.0. The highest BCUT2D eigenvalue weighted by atomic mass is 127. The van der Waals surface area contributed by atoms with Crippen LogP contribution in [0.2, 0.25) is 0 Å². The summed E-state index contributed by atoms with van der Waals surface area (Å²) in [5.41, 5.74) is 0.363. The second-order valence-corrected chi connectivity index (χ2v) is 7.76. The average Bonchev–Trinajstić information content (AvgIpc) is 2.47. The smallest absolute Gasteiger partial charge is 0.305 e. The fraction of sp³-hybridized carbons (Fsp3) is 0.133. The summed E-state index contributed by atoms with van der Waals surface area (Å²) in [6, 6.07) is 11.1. The molecule has 0 aromatic heterocycles. The average molecular weight is 449 g/mol. The van der Waals surface area contributed by atoms with E-state index in [1.165, 1.54) is 0 Å². The predicted molar refractivity (Wildman–Crippen MR) is 92.3 cm³/mol. The lowest BCUT2D eigenvalue weighted by Gasteiger charge is -2.24. The summed E-state index contributed by atoms with van der Waals surface area (Å²) in [4.78, 5) is 10.7. The first-order valence-corrected chi connectivity index (χ1v) is 9.08. The molecule has 0 spiro atoms. The Morgan fingerprint density at radius 3 is 2.39 bits per heavy atom. The third-order valence-corrected chi connectivity index (χ3v) is 5.54. The molecule has 0 aliphatic carbocycles. The Hall–Kier alpha value is -1.68. The normalized spacial score (nSPS) is 11.2. The molecule has 0 radical (unpaired) electrons. The van der Waals surface area contributed by atoms with E-state index in [-0.39, 0.29) is 17.9 Å². The van der Waals surface area contributed by atoms with E-state index in [2.05, 4.69) is 0 Å². The minimum absolute atomic E-state index is 0.0943. The number of benzene rings is 2. The van der Waals surface area contributed by atoms with Crippen LogP contribution >= 0.6 is 22.6 Å².